The van der Waals surface area contributed by atoms with Crippen molar-refractivity contribution in [2.45, 2.75) is 84.8 Å². The van der Waals surface area contributed by atoms with E-state index in [-0.39, 0.29) is 12.2 Å². The van der Waals surface area contributed by atoms with Gasteiger partial charge >= 0.3 is 0 Å². The molecule has 1 amide bonds. The molecule has 1 saturated heterocycles. The van der Waals surface area contributed by atoms with Gasteiger partial charge in [0.05, 0.1) is 12.2 Å². The SMILES string of the molecule is CCC(C)C1NC(CC)N(CCC2CCC(C)CC2)C1=O. The summed E-state index contributed by atoms with van der Waals surface area (Å²) in [5, 5.41) is 3.56. The van der Waals surface area contributed by atoms with Gasteiger partial charge in [-0.1, -0.05) is 59.8 Å². The molecule has 2 aliphatic rings. The molecule has 3 atom stereocenters. The van der Waals surface area contributed by atoms with Gasteiger partial charge in [-0.05, 0) is 30.6 Å². The second-order valence-corrected chi connectivity index (χ2v) is 7.40. The first kappa shape index (κ1) is 16.8. The van der Waals surface area contributed by atoms with Gasteiger partial charge in [0.2, 0.25) is 5.91 Å². The van der Waals surface area contributed by atoms with Crippen LogP contribution in [0.2, 0.25) is 0 Å². The Kier molecular flexibility index (Phi) is 6.09. The summed E-state index contributed by atoms with van der Waals surface area (Å²) in [6.07, 6.45) is 9.02. The number of carbonyl (C=O) groups is 1. The van der Waals surface area contributed by atoms with Crippen LogP contribution in [0.25, 0.3) is 0 Å². The fourth-order valence-corrected chi connectivity index (χ4v) is 3.89. The minimum absolute atomic E-state index is 0.0475. The molecule has 1 aliphatic heterocycles. The second kappa shape index (κ2) is 7.62. The molecule has 3 nitrogen and oxygen atoms in total. The molecule has 1 N–H and O–H groups in total. The van der Waals surface area contributed by atoms with Gasteiger partial charge in [-0.15, -0.1) is 0 Å². The second-order valence-electron chi connectivity index (χ2n) is 7.40. The molecule has 1 heterocycles. The number of hydrogen-bond donors (Lipinski definition) is 1. The smallest absolute Gasteiger partial charge is 0.241 e. The van der Waals surface area contributed by atoms with Crippen LogP contribution in [0.1, 0.15) is 72.6 Å². The summed E-state index contributed by atoms with van der Waals surface area (Å²) in [7, 11) is 0. The van der Waals surface area contributed by atoms with Crippen molar-refractivity contribution in [2.75, 3.05) is 6.54 Å². The summed E-state index contributed by atoms with van der Waals surface area (Å²) in [5.74, 6) is 2.54. The maximum atomic E-state index is 12.7. The average molecular weight is 294 g/mol. The Morgan fingerprint density at radius 3 is 2.48 bits per heavy atom. The molecule has 2 rings (SSSR count). The summed E-state index contributed by atoms with van der Waals surface area (Å²) in [6, 6.07) is 0.0475. The highest BCUT2D eigenvalue weighted by atomic mass is 16.2. The molecule has 0 aromatic rings. The molecular formula is C18H34N2O. The summed E-state index contributed by atoms with van der Waals surface area (Å²) in [6.45, 7) is 9.87. The van der Waals surface area contributed by atoms with E-state index in [4.69, 9.17) is 0 Å². The minimum Gasteiger partial charge on any atom is -0.326 e. The first-order chi connectivity index (χ1) is 10.1. The number of rotatable bonds is 6. The highest BCUT2D eigenvalue weighted by Crippen LogP contribution is 2.31. The predicted molar refractivity (Wildman–Crippen MR) is 87.9 cm³/mol. The number of carbonyl (C=O) groups excluding carboxylic acids is 1. The summed E-state index contributed by atoms with van der Waals surface area (Å²) in [4.78, 5) is 14.8. The van der Waals surface area contributed by atoms with Crippen LogP contribution in [0.15, 0.2) is 0 Å². The molecule has 21 heavy (non-hydrogen) atoms. The Bertz CT molecular complexity index is 336. The monoisotopic (exact) mass is 294 g/mol. The molecule has 1 aliphatic carbocycles. The van der Waals surface area contributed by atoms with Crippen molar-refractivity contribution >= 4 is 5.91 Å². The van der Waals surface area contributed by atoms with E-state index in [2.05, 4.69) is 37.9 Å². The standard InChI is InChI=1S/C18H34N2O/c1-5-14(4)17-18(21)20(16(6-2)19-17)12-11-15-9-7-13(3)8-10-15/h13-17,19H,5-12H2,1-4H3. The molecule has 122 valence electrons. The Hall–Kier alpha value is -0.570. The van der Waals surface area contributed by atoms with Crippen LogP contribution < -0.4 is 5.32 Å². The lowest BCUT2D eigenvalue weighted by Crippen LogP contribution is -2.38. The van der Waals surface area contributed by atoms with E-state index < -0.39 is 0 Å². The average Bonchev–Trinajstić information content (AvgIpc) is 2.82. The van der Waals surface area contributed by atoms with Crippen molar-refractivity contribution < 1.29 is 4.79 Å². The van der Waals surface area contributed by atoms with Gasteiger partial charge in [-0.25, -0.2) is 0 Å². The van der Waals surface area contributed by atoms with Crippen LogP contribution in [0.4, 0.5) is 0 Å². The highest BCUT2D eigenvalue weighted by molar-refractivity contribution is 5.84. The van der Waals surface area contributed by atoms with E-state index >= 15 is 0 Å². The number of amides is 1. The van der Waals surface area contributed by atoms with Gasteiger partial charge in [-0.2, -0.15) is 0 Å². The zero-order valence-electron chi connectivity index (χ0n) is 14.4. The Morgan fingerprint density at radius 1 is 1.24 bits per heavy atom. The zero-order valence-corrected chi connectivity index (χ0v) is 14.4. The van der Waals surface area contributed by atoms with E-state index in [0.717, 1.165) is 31.2 Å². The molecule has 0 aromatic heterocycles. The first-order valence-corrected chi connectivity index (χ1v) is 9.13. The van der Waals surface area contributed by atoms with Gasteiger partial charge in [0.15, 0.2) is 0 Å². The molecular weight excluding hydrogens is 260 g/mol. The molecule has 0 aromatic carbocycles. The lowest BCUT2D eigenvalue weighted by atomic mass is 9.81. The quantitative estimate of drug-likeness (QED) is 0.808. The molecule has 0 radical (unpaired) electrons. The van der Waals surface area contributed by atoms with Crippen LogP contribution in [-0.4, -0.2) is 29.6 Å². The Morgan fingerprint density at radius 2 is 1.90 bits per heavy atom. The molecule has 3 unspecified atom stereocenters. The molecule has 0 bridgehead atoms. The van der Waals surface area contributed by atoms with Gasteiger partial charge in [0.1, 0.15) is 0 Å². The third-order valence-electron chi connectivity index (χ3n) is 5.81. The van der Waals surface area contributed by atoms with Gasteiger partial charge in [-0.3, -0.25) is 10.1 Å². The third kappa shape index (κ3) is 4.00. The largest absolute Gasteiger partial charge is 0.326 e. The van der Waals surface area contributed by atoms with Gasteiger partial charge < -0.3 is 4.90 Å². The summed E-state index contributed by atoms with van der Waals surface area (Å²) >= 11 is 0. The summed E-state index contributed by atoms with van der Waals surface area (Å²) < 4.78 is 0. The number of nitrogens with one attached hydrogen (secondary N) is 1. The van der Waals surface area contributed by atoms with Crippen molar-refractivity contribution in [1.29, 1.82) is 0 Å². The van der Waals surface area contributed by atoms with Gasteiger partial charge in [0, 0.05) is 6.54 Å². The van der Waals surface area contributed by atoms with E-state index in [1.807, 2.05) is 0 Å². The van der Waals surface area contributed by atoms with Crippen LogP contribution in [-0.2, 0) is 4.79 Å². The van der Waals surface area contributed by atoms with Crippen molar-refractivity contribution in [3.63, 3.8) is 0 Å². The maximum Gasteiger partial charge on any atom is 0.241 e. The van der Waals surface area contributed by atoms with Crippen molar-refractivity contribution in [1.82, 2.24) is 10.2 Å². The first-order valence-electron chi connectivity index (χ1n) is 9.13. The Labute approximate surface area is 130 Å². The number of nitrogens with zero attached hydrogens (tertiary/aromatic N) is 1. The van der Waals surface area contributed by atoms with Crippen molar-refractivity contribution in [2.24, 2.45) is 17.8 Å². The lowest BCUT2D eigenvalue weighted by molar-refractivity contribution is -0.131. The van der Waals surface area contributed by atoms with Crippen LogP contribution in [0.3, 0.4) is 0 Å². The number of hydrogen-bond acceptors (Lipinski definition) is 2. The predicted octanol–water partition coefficient (Wildman–Crippen LogP) is 3.79. The molecule has 2 fully saturated rings. The lowest BCUT2D eigenvalue weighted by Gasteiger charge is -2.29. The van der Waals surface area contributed by atoms with Crippen LogP contribution in [0.5, 0.6) is 0 Å². The van der Waals surface area contributed by atoms with Crippen molar-refractivity contribution in [3.8, 4) is 0 Å². The zero-order chi connectivity index (χ0) is 15.4. The Balaban J connectivity index is 1.87. The molecule has 0 spiro atoms. The topological polar surface area (TPSA) is 32.3 Å². The van der Waals surface area contributed by atoms with Crippen LogP contribution in [0, 0.1) is 17.8 Å². The van der Waals surface area contributed by atoms with Crippen molar-refractivity contribution in [3.05, 3.63) is 0 Å². The fraction of sp³-hybridized carbons (Fsp3) is 0.944. The highest BCUT2D eigenvalue weighted by Gasteiger charge is 2.39. The fourth-order valence-electron chi connectivity index (χ4n) is 3.89. The van der Waals surface area contributed by atoms with E-state index in [9.17, 15) is 4.79 Å². The maximum absolute atomic E-state index is 12.7. The summed E-state index contributed by atoms with van der Waals surface area (Å²) in [5.41, 5.74) is 0. The molecule has 1 saturated carbocycles. The molecule has 3 heteroatoms. The van der Waals surface area contributed by atoms with E-state index in [1.54, 1.807) is 0 Å². The van der Waals surface area contributed by atoms with Gasteiger partial charge in [0.25, 0.3) is 0 Å². The van der Waals surface area contributed by atoms with Crippen LogP contribution >= 0.6 is 0 Å². The van der Waals surface area contributed by atoms with E-state index in [0.29, 0.717) is 11.8 Å². The normalized spacial score (nSPS) is 35.2. The minimum atomic E-state index is 0.0475. The third-order valence-corrected chi connectivity index (χ3v) is 5.81. The van der Waals surface area contributed by atoms with E-state index in [1.165, 1.54) is 32.1 Å².